The first-order valence-corrected chi connectivity index (χ1v) is 15.6. The number of rotatable bonds is 11. The molecule has 4 aromatic rings. The second-order valence-corrected chi connectivity index (χ2v) is 12.0. The molecular weight excluding hydrogens is 624 g/mol. The Balaban J connectivity index is 1.28. The van der Waals surface area contributed by atoms with Crippen LogP contribution in [-0.2, 0) is 11.2 Å². The minimum Gasteiger partial charge on any atom is -0.508 e. The highest BCUT2D eigenvalue weighted by Gasteiger charge is 2.44. The van der Waals surface area contributed by atoms with Gasteiger partial charge >= 0.3 is 6.03 Å². The molecule has 2 unspecified atom stereocenters. The molecule has 3 aromatic heterocycles. The lowest BCUT2D eigenvalue weighted by atomic mass is 10.1. The van der Waals surface area contributed by atoms with E-state index in [1.807, 2.05) is 4.90 Å². The van der Waals surface area contributed by atoms with Crippen LogP contribution in [0.1, 0.15) is 24.4 Å². The summed E-state index contributed by atoms with van der Waals surface area (Å²) in [7, 11) is 0. The lowest BCUT2D eigenvalue weighted by molar-refractivity contribution is -0.125. The van der Waals surface area contributed by atoms with Gasteiger partial charge in [-0.05, 0) is 49.1 Å². The highest BCUT2D eigenvalue weighted by Crippen LogP contribution is 2.35. The zero-order valence-electron chi connectivity index (χ0n) is 25.8. The number of phenols is 1. The van der Waals surface area contributed by atoms with E-state index in [1.54, 1.807) is 53.4 Å². The third-order valence-corrected chi connectivity index (χ3v) is 8.61. The fraction of sp³-hybridized carbons (Fsp3) is 0.419. The zero-order valence-corrected chi connectivity index (χ0v) is 25.8. The minimum absolute atomic E-state index is 0.130. The number of aromatic hydroxyl groups is 1. The number of carbonyl (C=O) groups excluding carboxylic acids is 2. The van der Waals surface area contributed by atoms with E-state index >= 15 is 0 Å². The lowest BCUT2D eigenvalue weighted by Gasteiger charge is -2.22. The molecule has 2 aliphatic rings. The molecule has 1 aromatic carbocycles. The molecule has 1 aliphatic carbocycles. The molecule has 0 spiro atoms. The molecular formula is C31H38N10O7. The maximum absolute atomic E-state index is 12.6. The molecule has 3 amide bonds. The fourth-order valence-corrected chi connectivity index (χ4v) is 6.19. The summed E-state index contributed by atoms with van der Waals surface area (Å²) in [6.45, 7) is -0.0785. The van der Waals surface area contributed by atoms with Crippen LogP contribution in [0, 0.1) is 0 Å². The lowest BCUT2D eigenvalue weighted by Crippen LogP contribution is -2.44. The van der Waals surface area contributed by atoms with E-state index in [2.05, 4.69) is 31.2 Å². The van der Waals surface area contributed by atoms with Crippen LogP contribution < -0.4 is 26.2 Å². The van der Waals surface area contributed by atoms with Gasteiger partial charge in [0.15, 0.2) is 17.0 Å². The molecule has 0 radical (unpaired) electrons. The highest BCUT2D eigenvalue weighted by atomic mass is 16.3. The SMILES string of the molecule is O=C(CO)N[C@H]1C[C@@H](n2cnc3c(NC(CO)Cc4ccc(O)cc4)nc(N4CCC(NC(=O)Nc5cccnc5)C4)nc32)[C@H](O)[C@@H]1O. The van der Waals surface area contributed by atoms with E-state index < -0.39 is 42.8 Å². The monoisotopic (exact) mass is 662 g/mol. The van der Waals surface area contributed by atoms with Gasteiger partial charge in [0.05, 0.1) is 42.9 Å². The van der Waals surface area contributed by atoms with Crippen molar-refractivity contribution < 1.29 is 35.1 Å². The molecule has 17 heteroatoms. The molecule has 9 N–H and O–H groups in total. The van der Waals surface area contributed by atoms with Crippen LogP contribution in [0.3, 0.4) is 0 Å². The largest absolute Gasteiger partial charge is 0.508 e. The average Bonchev–Trinajstić information content (AvgIpc) is 3.80. The number of anilines is 3. The summed E-state index contributed by atoms with van der Waals surface area (Å²) in [5.41, 5.74) is 2.13. The molecule has 17 nitrogen and oxygen atoms in total. The number of carbonyl (C=O) groups is 2. The number of aliphatic hydroxyl groups is 4. The van der Waals surface area contributed by atoms with Crippen molar-refractivity contribution in [2.75, 3.05) is 41.8 Å². The Morgan fingerprint density at radius 2 is 1.85 bits per heavy atom. The van der Waals surface area contributed by atoms with E-state index in [0.717, 1.165) is 5.56 Å². The Labute approximate surface area is 274 Å². The third kappa shape index (κ3) is 7.23. The van der Waals surface area contributed by atoms with Gasteiger partial charge in [0.25, 0.3) is 0 Å². The number of imidazole rings is 1. The van der Waals surface area contributed by atoms with E-state index in [4.69, 9.17) is 9.97 Å². The van der Waals surface area contributed by atoms with Crippen molar-refractivity contribution in [3.05, 3.63) is 60.7 Å². The summed E-state index contributed by atoms with van der Waals surface area (Å²) >= 11 is 0. The maximum atomic E-state index is 12.6. The number of nitrogens with one attached hydrogen (secondary N) is 4. The third-order valence-electron chi connectivity index (χ3n) is 8.61. The van der Waals surface area contributed by atoms with Crippen molar-refractivity contribution in [3.63, 3.8) is 0 Å². The molecule has 2 fully saturated rings. The Hall–Kier alpha value is -5.10. The smallest absolute Gasteiger partial charge is 0.319 e. The quantitative estimate of drug-likeness (QED) is 0.0984. The van der Waals surface area contributed by atoms with Crippen molar-refractivity contribution in [2.45, 2.75) is 55.6 Å². The number of aromatic nitrogens is 5. The first-order chi connectivity index (χ1) is 23.2. The number of fused-ring (bicyclic) bond motifs is 1. The summed E-state index contributed by atoms with van der Waals surface area (Å²) in [6.07, 6.45) is 3.23. The standard InChI is InChI=1S/C31H38N10O7/c42-14-20(10-17-3-5-21(44)6-4-17)34-28-25-29(41(16-33-25)23-11-22(26(46)27(23)47)37-24(45)15-43)39-30(38-28)40-9-7-19(13-40)36-31(48)35-18-2-1-8-32-12-18/h1-6,8,12,16,19-20,22-23,26-27,42-44,46-47H,7,9-11,13-15H2,(H,37,45)(H,34,38,39)(H2,35,36,48)/t19?,20?,22-,23+,26+,27-/m0/s1. The second kappa shape index (κ2) is 14.3. The first kappa shape index (κ1) is 32.8. The van der Waals surface area contributed by atoms with Gasteiger partial charge < -0.3 is 56.3 Å². The van der Waals surface area contributed by atoms with E-state index in [0.29, 0.717) is 54.5 Å². The van der Waals surface area contributed by atoms with Crippen LogP contribution in [0.2, 0.25) is 0 Å². The molecule has 1 saturated carbocycles. The Morgan fingerprint density at radius 3 is 2.58 bits per heavy atom. The Morgan fingerprint density at radius 1 is 1.04 bits per heavy atom. The van der Waals surface area contributed by atoms with Crippen molar-refractivity contribution in [2.24, 2.45) is 0 Å². The summed E-state index contributed by atoms with van der Waals surface area (Å²) < 4.78 is 1.63. The molecule has 1 saturated heterocycles. The number of phenolic OH excluding ortho intramolecular Hbond substituents is 1. The Kier molecular flexibility index (Phi) is 9.81. The first-order valence-electron chi connectivity index (χ1n) is 15.6. The number of pyridine rings is 1. The number of hydrogen-bond donors (Lipinski definition) is 9. The predicted octanol–water partition coefficient (Wildman–Crippen LogP) is -0.513. The van der Waals surface area contributed by atoms with Crippen LogP contribution in [-0.4, -0.2) is 119 Å². The van der Waals surface area contributed by atoms with Crippen LogP contribution >= 0.6 is 0 Å². The molecule has 4 heterocycles. The molecule has 0 bridgehead atoms. The second-order valence-electron chi connectivity index (χ2n) is 12.0. The zero-order chi connectivity index (χ0) is 33.8. The number of amides is 3. The normalized spacial score (nSPS) is 22.8. The van der Waals surface area contributed by atoms with Crippen LogP contribution in [0.5, 0.6) is 5.75 Å². The number of benzene rings is 1. The topological polar surface area (TPSA) is 243 Å². The minimum atomic E-state index is -1.30. The van der Waals surface area contributed by atoms with Crippen molar-refractivity contribution >= 4 is 40.6 Å². The average molecular weight is 663 g/mol. The maximum Gasteiger partial charge on any atom is 0.319 e. The van der Waals surface area contributed by atoms with E-state index in [9.17, 15) is 35.1 Å². The Bertz CT molecular complexity index is 1720. The van der Waals surface area contributed by atoms with Crippen LogP contribution in [0.25, 0.3) is 11.2 Å². The number of urea groups is 1. The molecule has 1 aliphatic heterocycles. The molecule has 6 rings (SSSR count). The molecule has 6 atom stereocenters. The van der Waals surface area contributed by atoms with Crippen LogP contribution in [0.4, 0.5) is 22.2 Å². The number of nitrogens with zero attached hydrogens (tertiary/aromatic N) is 6. The van der Waals surface area contributed by atoms with Gasteiger partial charge in [0.1, 0.15) is 24.6 Å². The molecule has 254 valence electrons. The van der Waals surface area contributed by atoms with E-state index in [-0.39, 0.29) is 30.9 Å². The van der Waals surface area contributed by atoms with Crippen molar-refractivity contribution in [1.82, 2.24) is 35.1 Å². The summed E-state index contributed by atoms with van der Waals surface area (Å²) in [6, 6.07) is 7.49. The summed E-state index contributed by atoms with van der Waals surface area (Å²) in [5.74, 6) is 0.109. The van der Waals surface area contributed by atoms with Gasteiger partial charge in [0.2, 0.25) is 11.9 Å². The van der Waals surface area contributed by atoms with Gasteiger partial charge in [-0.3, -0.25) is 9.78 Å². The van der Waals surface area contributed by atoms with Gasteiger partial charge in [-0.1, -0.05) is 12.1 Å². The van der Waals surface area contributed by atoms with E-state index in [1.165, 1.54) is 6.33 Å². The predicted molar refractivity (Wildman–Crippen MR) is 173 cm³/mol. The summed E-state index contributed by atoms with van der Waals surface area (Å²) in [5, 5.41) is 62.4. The highest BCUT2D eigenvalue weighted by molar-refractivity contribution is 5.89. The molecule has 48 heavy (non-hydrogen) atoms. The van der Waals surface area contributed by atoms with Crippen molar-refractivity contribution in [1.29, 1.82) is 0 Å². The van der Waals surface area contributed by atoms with Gasteiger partial charge in [0, 0.05) is 25.3 Å². The summed E-state index contributed by atoms with van der Waals surface area (Å²) in [4.78, 5) is 44.6. The number of aliphatic hydroxyl groups excluding tert-OH is 4. The fourth-order valence-electron chi connectivity index (χ4n) is 6.19. The van der Waals surface area contributed by atoms with Gasteiger partial charge in [-0.2, -0.15) is 9.97 Å². The van der Waals surface area contributed by atoms with Crippen LogP contribution in [0.15, 0.2) is 55.1 Å². The number of hydrogen-bond acceptors (Lipinski definition) is 13. The van der Waals surface area contributed by atoms with Gasteiger partial charge in [-0.25, -0.2) is 9.78 Å². The van der Waals surface area contributed by atoms with Crippen molar-refractivity contribution in [3.8, 4) is 5.75 Å². The van der Waals surface area contributed by atoms with Gasteiger partial charge in [-0.15, -0.1) is 0 Å².